The van der Waals surface area contributed by atoms with Gasteiger partial charge < -0.3 is 25.6 Å². The lowest BCUT2D eigenvalue weighted by Crippen LogP contribution is -2.54. The molecule has 0 aromatic heterocycles. The molecule has 0 saturated heterocycles. The van der Waals surface area contributed by atoms with Crippen molar-refractivity contribution >= 4 is 24.4 Å². The molecule has 0 aliphatic heterocycles. The molecule has 0 bridgehead atoms. The molecule has 21 heavy (non-hydrogen) atoms. The van der Waals surface area contributed by atoms with Crippen LogP contribution in [0.2, 0.25) is 0 Å². The predicted octanol–water partition coefficient (Wildman–Crippen LogP) is -1.08. The van der Waals surface area contributed by atoms with E-state index in [1.807, 2.05) is 0 Å². The van der Waals surface area contributed by atoms with Crippen molar-refractivity contribution in [3.05, 3.63) is 0 Å². The monoisotopic (exact) mass is 304 g/mol. The Kier molecular flexibility index (Phi) is 8.65. The summed E-state index contributed by atoms with van der Waals surface area (Å²) in [5.74, 6) is -0.797. The fourth-order valence-corrected chi connectivity index (χ4v) is 1.44. The first-order valence-corrected chi connectivity index (χ1v) is 6.24. The van der Waals surface area contributed by atoms with Gasteiger partial charge in [-0.2, -0.15) is 0 Å². The number of aldehydes is 1. The van der Waals surface area contributed by atoms with Crippen LogP contribution >= 0.6 is 0 Å². The summed E-state index contributed by atoms with van der Waals surface area (Å²) in [7, 11) is 0. The SMILES string of the molecule is CC(C=O)NCCC(NC(=O)O)N[C@@H](C)C(=O)NC(=O)O. The molecule has 10 nitrogen and oxygen atoms in total. The van der Waals surface area contributed by atoms with Gasteiger partial charge in [-0.25, -0.2) is 9.59 Å². The third-order valence-corrected chi connectivity index (χ3v) is 2.48. The van der Waals surface area contributed by atoms with Gasteiger partial charge in [0.25, 0.3) is 0 Å². The highest BCUT2D eigenvalue weighted by Crippen LogP contribution is 1.92. The molecule has 120 valence electrons. The Labute approximate surface area is 121 Å². The molecule has 0 saturated carbocycles. The van der Waals surface area contributed by atoms with Gasteiger partial charge >= 0.3 is 12.2 Å². The normalized spacial score (nSPS) is 14.6. The Morgan fingerprint density at radius 2 is 1.76 bits per heavy atom. The smallest absolute Gasteiger partial charge is 0.411 e. The van der Waals surface area contributed by atoms with Crippen molar-refractivity contribution in [3.63, 3.8) is 0 Å². The van der Waals surface area contributed by atoms with Crippen LogP contribution in [-0.4, -0.2) is 59.4 Å². The summed E-state index contributed by atoms with van der Waals surface area (Å²) in [5.41, 5.74) is 0. The molecule has 0 aliphatic rings. The summed E-state index contributed by atoms with van der Waals surface area (Å²) < 4.78 is 0. The van der Waals surface area contributed by atoms with Crippen molar-refractivity contribution < 1.29 is 29.4 Å². The average Bonchev–Trinajstić information content (AvgIpc) is 2.36. The third-order valence-electron chi connectivity index (χ3n) is 2.48. The van der Waals surface area contributed by atoms with Crippen LogP contribution in [-0.2, 0) is 9.59 Å². The maximum Gasteiger partial charge on any atom is 0.411 e. The number of imide groups is 1. The topological polar surface area (TPSA) is 157 Å². The largest absolute Gasteiger partial charge is 0.465 e. The van der Waals surface area contributed by atoms with Crippen molar-refractivity contribution in [2.75, 3.05) is 6.54 Å². The van der Waals surface area contributed by atoms with Crippen molar-refractivity contribution in [1.82, 2.24) is 21.3 Å². The zero-order valence-electron chi connectivity index (χ0n) is 11.8. The van der Waals surface area contributed by atoms with Gasteiger partial charge in [0.15, 0.2) is 0 Å². The van der Waals surface area contributed by atoms with E-state index in [0.717, 1.165) is 0 Å². The summed E-state index contributed by atoms with van der Waals surface area (Å²) >= 11 is 0. The quantitative estimate of drug-likeness (QED) is 0.232. The molecule has 0 fully saturated rings. The Bertz CT molecular complexity index is 389. The van der Waals surface area contributed by atoms with Crippen LogP contribution < -0.4 is 21.3 Å². The lowest BCUT2D eigenvalue weighted by atomic mass is 10.2. The Hall–Kier alpha value is -2.20. The molecule has 3 atom stereocenters. The van der Waals surface area contributed by atoms with E-state index in [1.165, 1.54) is 6.92 Å². The molecule has 0 heterocycles. The fraction of sp³-hybridized carbons (Fsp3) is 0.636. The zero-order chi connectivity index (χ0) is 16.4. The van der Waals surface area contributed by atoms with Gasteiger partial charge in [0, 0.05) is 0 Å². The second kappa shape index (κ2) is 9.66. The van der Waals surface area contributed by atoms with Crippen molar-refractivity contribution in [3.8, 4) is 0 Å². The van der Waals surface area contributed by atoms with Crippen molar-refractivity contribution in [2.24, 2.45) is 0 Å². The van der Waals surface area contributed by atoms with E-state index >= 15 is 0 Å². The molecule has 0 aromatic carbocycles. The van der Waals surface area contributed by atoms with E-state index in [9.17, 15) is 19.2 Å². The first-order valence-electron chi connectivity index (χ1n) is 6.24. The van der Waals surface area contributed by atoms with Crippen LogP contribution in [0.1, 0.15) is 20.3 Å². The molecular weight excluding hydrogens is 284 g/mol. The molecule has 0 radical (unpaired) electrons. The predicted molar refractivity (Wildman–Crippen MR) is 71.9 cm³/mol. The van der Waals surface area contributed by atoms with Gasteiger partial charge in [-0.05, 0) is 26.8 Å². The molecule has 0 aliphatic carbocycles. The molecule has 6 N–H and O–H groups in total. The van der Waals surface area contributed by atoms with Crippen LogP contribution in [0.3, 0.4) is 0 Å². The standard InChI is InChI=1S/C11H20N4O6/c1-6(5-16)12-4-3-8(14-10(18)19)13-7(2)9(17)15-11(20)21/h5-8,12-14H,3-4H2,1-2H3,(H,15,17)(H,18,19)(H,20,21)/t6?,7-,8?/m0/s1. The van der Waals surface area contributed by atoms with Gasteiger partial charge in [0.1, 0.15) is 6.29 Å². The summed E-state index contributed by atoms with van der Waals surface area (Å²) in [6.07, 6.45) is -2.59. The molecule has 0 aromatic rings. The molecule has 3 amide bonds. The maximum atomic E-state index is 11.4. The van der Waals surface area contributed by atoms with Gasteiger partial charge in [0.05, 0.1) is 18.2 Å². The molecule has 0 rings (SSSR count). The lowest BCUT2D eigenvalue weighted by Gasteiger charge is -2.22. The number of hydrogen-bond donors (Lipinski definition) is 6. The van der Waals surface area contributed by atoms with Crippen molar-refractivity contribution in [1.29, 1.82) is 0 Å². The van der Waals surface area contributed by atoms with Crippen molar-refractivity contribution in [2.45, 2.75) is 38.5 Å². The first kappa shape index (κ1) is 18.8. The van der Waals surface area contributed by atoms with Gasteiger partial charge in [-0.15, -0.1) is 0 Å². The minimum Gasteiger partial charge on any atom is -0.465 e. The van der Waals surface area contributed by atoms with Crippen LogP contribution in [0.4, 0.5) is 9.59 Å². The van der Waals surface area contributed by atoms with Gasteiger partial charge in [0.2, 0.25) is 5.91 Å². The highest BCUT2D eigenvalue weighted by molar-refractivity contribution is 5.93. The number of carboxylic acid groups (broad SMARTS) is 2. The second-order valence-corrected chi connectivity index (χ2v) is 4.35. The van der Waals surface area contributed by atoms with Crippen LogP contribution in [0.25, 0.3) is 0 Å². The van der Waals surface area contributed by atoms with E-state index in [1.54, 1.807) is 12.2 Å². The highest BCUT2D eigenvalue weighted by atomic mass is 16.4. The van der Waals surface area contributed by atoms with E-state index in [0.29, 0.717) is 12.8 Å². The highest BCUT2D eigenvalue weighted by Gasteiger charge is 2.20. The summed E-state index contributed by atoms with van der Waals surface area (Å²) in [6.45, 7) is 3.37. The van der Waals surface area contributed by atoms with E-state index in [2.05, 4.69) is 16.0 Å². The fourth-order valence-electron chi connectivity index (χ4n) is 1.44. The third kappa shape index (κ3) is 9.35. The molecule has 2 unspecified atom stereocenters. The van der Waals surface area contributed by atoms with Gasteiger partial charge in [-0.3, -0.25) is 15.4 Å². The van der Waals surface area contributed by atoms with Crippen LogP contribution in [0.15, 0.2) is 0 Å². The number of carbonyl (C=O) groups excluding carboxylic acids is 2. The van der Waals surface area contributed by atoms with E-state index < -0.39 is 30.3 Å². The summed E-state index contributed by atoms with van der Waals surface area (Å²) in [4.78, 5) is 42.9. The van der Waals surface area contributed by atoms with Gasteiger partial charge in [-0.1, -0.05) is 0 Å². The number of nitrogens with one attached hydrogen (secondary N) is 4. The minimum atomic E-state index is -1.49. The Morgan fingerprint density at radius 3 is 2.24 bits per heavy atom. The molecule has 0 spiro atoms. The average molecular weight is 304 g/mol. The second-order valence-electron chi connectivity index (χ2n) is 4.35. The Morgan fingerprint density at radius 1 is 1.14 bits per heavy atom. The zero-order valence-corrected chi connectivity index (χ0v) is 11.8. The molecule has 10 heteroatoms. The van der Waals surface area contributed by atoms with Crippen LogP contribution in [0.5, 0.6) is 0 Å². The first-order chi connectivity index (χ1) is 9.76. The van der Waals surface area contributed by atoms with E-state index in [-0.39, 0.29) is 12.5 Å². The lowest BCUT2D eigenvalue weighted by molar-refractivity contribution is -0.122. The van der Waals surface area contributed by atoms with E-state index in [4.69, 9.17) is 10.2 Å². The van der Waals surface area contributed by atoms with Crippen LogP contribution in [0, 0.1) is 0 Å². The Balaban J connectivity index is 4.40. The number of amides is 3. The summed E-state index contributed by atoms with van der Waals surface area (Å²) in [6, 6.07) is -1.29. The maximum absolute atomic E-state index is 11.4. The summed E-state index contributed by atoms with van der Waals surface area (Å²) in [5, 5.41) is 26.5. The minimum absolute atomic E-state index is 0.259. The number of rotatable bonds is 9. The number of carbonyl (C=O) groups is 4. The number of hydrogen-bond acceptors (Lipinski definition) is 6. The molecular formula is C11H20N4O6.